The highest BCUT2D eigenvalue weighted by Gasteiger charge is 2.41. The quantitative estimate of drug-likeness (QED) is 0.715. The number of nitrogen functional groups attached to an aromatic ring is 1. The number of rotatable bonds is 3. The number of benzene rings is 1. The van der Waals surface area contributed by atoms with Crippen LogP contribution in [0.4, 0.5) is 5.13 Å². The predicted molar refractivity (Wildman–Crippen MR) is 113 cm³/mol. The second-order valence-corrected chi connectivity index (χ2v) is 8.38. The molecule has 6 nitrogen and oxygen atoms in total. The third kappa shape index (κ3) is 3.46. The van der Waals surface area contributed by atoms with Gasteiger partial charge < -0.3 is 15.1 Å². The summed E-state index contributed by atoms with van der Waals surface area (Å²) in [5.41, 5.74) is 8.52. The number of anilines is 1. The molecule has 7 heteroatoms. The van der Waals surface area contributed by atoms with E-state index >= 15 is 0 Å². The van der Waals surface area contributed by atoms with Crippen molar-refractivity contribution in [2.75, 3.05) is 18.8 Å². The summed E-state index contributed by atoms with van der Waals surface area (Å²) in [6.45, 7) is 4.61. The molecule has 150 valence electrons. The van der Waals surface area contributed by atoms with Gasteiger partial charge >= 0.3 is 5.63 Å². The molecule has 1 saturated heterocycles. The zero-order chi connectivity index (χ0) is 20.6. The Morgan fingerprint density at radius 3 is 2.48 bits per heavy atom. The molecule has 0 radical (unpaired) electrons. The summed E-state index contributed by atoms with van der Waals surface area (Å²) in [6, 6.07) is 11.7. The van der Waals surface area contributed by atoms with Gasteiger partial charge in [0.2, 0.25) is 0 Å². The van der Waals surface area contributed by atoms with Gasteiger partial charge in [-0.2, -0.15) is 0 Å². The van der Waals surface area contributed by atoms with Gasteiger partial charge in [0.05, 0.1) is 11.3 Å². The van der Waals surface area contributed by atoms with Crippen LogP contribution in [0, 0.1) is 13.8 Å². The van der Waals surface area contributed by atoms with Crippen LogP contribution in [0.25, 0.3) is 0 Å². The number of carbonyl (C=O) groups excluding carboxylic acids is 1. The van der Waals surface area contributed by atoms with E-state index in [4.69, 9.17) is 10.2 Å². The third-order valence-electron chi connectivity index (χ3n) is 5.79. The van der Waals surface area contributed by atoms with Crippen LogP contribution in [0.3, 0.4) is 0 Å². The van der Waals surface area contributed by atoms with Crippen LogP contribution in [0.15, 0.2) is 51.0 Å². The van der Waals surface area contributed by atoms with Crippen molar-refractivity contribution in [2.45, 2.75) is 32.1 Å². The highest BCUT2D eigenvalue weighted by molar-refractivity contribution is 7.13. The number of thiazole rings is 1. The van der Waals surface area contributed by atoms with Crippen LogP contribution in [0.2, 0.25) is 0 Å². The van der Waals surface area contributed by atoms with E-state index in [1.807, 2.05) is 28.5 Å². The van der Waals surface area contributed by atoms with E-state index in [9.17, 15) is 9.59 Å². The van der Waals surface area contributed by atoms with E-state index in [1.54, 1.807) is 13.8 Å². The Kier molecular flexibility index (Phi) is 5.00. The lowest BCUT2D eigenvalue weighted by atomic mass is 9.70. The summed E-state index contributed by atoms with van der Waals surface area (Å²) in [5.74, 6) is 0.273. The van der Waals surface area contributed by atoms with Crippen molar-refractivity contribution in [1.29, 1.82) is 0 Å². The first-order valence-electron chi connectivity index (χ1n) is 9.58. The summed E-state index contributed by atoms with van der Waals surface area (Å²) in [7, 11) is 0. The Bertz CT molecular complexity index is 1070. The molecule has 3 aromatic rings. The fourth-order valence-corrected chi connectivity index (χ4v) is 4.95. The number of nitrogens with zero attached hydrogens (tertiary/aromatic N) is 2. The number of likely N-dealkylation sites (tertiary alicyclic amines) is 1. The summed E-state index contributed by atoms with van der Waals surface area (Å²) >= 11 is 1.44. The molecule has 3 heterocycles. The van der Waals surface area contributed by atoms with Crippen molar-refractivity contribution in [3.63, 3.8) is 0 Å². The predicted octanol–water partition coefficient (Wildman–Crippen LogP) is 3.52. The van der Waals surface area contributed by atoms with Gasteiger partial charge in [-0.15, -0.1) is 11.3 Å². The summed E-state index contributed by atoms with van der Waals surface area (Å²) in [4.78, 5) is 31.2. The molecule has 1 amide bonds. The zero-order valence-electron chi connectivity index (χ0n) is 16.5. The molecule has 1 fully saturated rings. The molecule has 0 saturated carbocycles. The normalized spacial score (nSPS) is 16.0. The number of aryl methyl sites for hydroxylation is 2. The highest BCUT2D eigenvalue weighted by atomic mass is 32.1. The van der Waals surface area contributed by atoms with Gasteiger partial charge in [-0.1, -0.05) is 30.3 Å². The molecule has 29 heavy (non-hydrogen) atoms. The van der Waals surface area contributed by atoms with Crippen molar-refractivity contribution in [1.82, 2.24) is 9.88 Å². The molecule has 0 bridgehead atoms. The maximum atomic E-state index is 13.2. The van der Waals surface area contributed by atoms with Crippen LogP contribution in [-0.4, -0.2) is 28.9 Å². The maximum absolute atomic E-state index is 13.2. The fourth-order valence-electron chi connectivity index (χ4n) is 4.28. The van der Waals surface area contributed by atoms with E-state index in [0.717, 1.165) is 18.5 Å². The minimum absolute atomic E-state index is 0.0943. The van der Waals surface area contributed by atoms with Crippen LogP contribution >= 0.6 is 11.3 Å². The van der Waals surface area contributed by atoms with Crippen LogP contribution in [-0.2, 0) is 5.41 Å². The molecule has 1 aromatic carbocycles. The highest BCUT2D eigenvalue weighted by Crippen LogP contribution is 2.42. The van der Waals surface area contributed by atoms with Gasteiger partial charge in [-0.05, 0) is 37.8 Å². The molecular formula is C22H23N3O3S. The van der Waals surface area contributed by atoms with Gasteiger partial charge in [0.15, 0.2) is 5.13 Å². The lowest BCUT2D eigenvalue weighted by molar-refractivity contribution is 0.0679. The first-order chi connectivity index (χ1) is 13.9. The van der Waals surface area contributed by atoms with E-state index in [-0.39, 0.29) is 11.3 Å². The number of nitrogens with two attached hydrogens (primary N) is 1. The number of aromatic nitrogens is 1. The summed E-state index contributed by atoms with van der Waals surface area (Å²) in [5, 5.41) is 2.58. The van der Waals surface area contributed by atoms with Crippen molar-refractivity contribution < 1.29 is 9.21 Å². The van der Waals surface area contributed by atoms with Gasteiger partial charge in [0, 0.05) is 30.0 Å². The van der Waals surface area contributed by atoms with E-state index < -0.39 is 5.63 Å². The minimum atomic E-state index is -0.431. The second kappa shape index (κ2) is 7.48. The largest absolute Gasteiger partial charge is 0.427 e. The number of piperidine rings is 1. The topological polar surface area (TPSA) is 89.4 Å². The Hall–Kier alpha value is -2.93. The monoisotopic (exact) mass is 409 g/mol. The maximum Gasteiger partial charge on any atom is 0.336 e. The average molecular weight is 410 g/mol. The molecule has 1 aliphatic heterocycles. The first-order valence-corrected chi connectivity index (χ1v) is 10.5. The molecule has 2 aromatic heterocycles. The van der Waals surface area contributed by atoms with E-state index in [2.05, 4.69) is 17.1 Å². The SMILES string of the molecule is Cc1cc(=O)oc(C)c1C(=O)N1CCC(c2ccccc2)(c2csc(N)n2)CC1. The summed E-state index contributed by atoms with van der Waals surface area (Å²) in [6.07, 6.45) is 1.50. The third-order valence-corrected chi connectivity index (χ3v) is 6.47. The van der Waals surface area contributed by atoms with E-state index in [0.29, 0.717) is 35.1 Å². The van der Waals surface area contributed by atoms with Crippen LogP contribution in [0.1, 0.15) is 45.8 Å². The number of amides is 1. The Balaban J connectivity index is 1.64. The second-order valence-electron chi connectivity index (χ2n) is 7.49. The van der Waals surface area contributed by atoms with Gasteiger partial charge in [-0.3, -0.25) is 4.79 Å². The lowest BCUT2D eigenvalue weighted by Gasteiger charge is -2.41. The first kappa shape index (κ1) is 19.4. The van der Waals surface area contributed by atoms with Crippen molar-refractivity contribution in [3.8, 4) is 0 Å². The Morgan fingerprint density at radius 2 is 1.90 bits per heavy atom. The van der Waals surface area contributed by atoms with Crippen molar-refractivity contribution in [3.05, 3.63) is 80.3 Å². The molecule has 0 aliphatic carbocycles. The molecular weight excluding hydrogens is 386 g/mol. The number of carbonyl (C=O) groups is 1. The van der Waals surface area contributed by atoms with Gasteiger partial charge in [-0.25, -0.2) is 9.78 Å². The van der Waals surface area contributed by atoms with Gasteiger partial charge in [0.25, 0.3) is 5.91 Å². The molecule has 2 N–H and O–H groups in total. The Labute approximate surface area is 173 Å². The summed E-state index contributed by atoms with van der Waals surface area (Å²) < 4.78 is 5.16. The lowest BCUT2D eigenvalue weighted by Crippen LogP contribution is -2.46. The Morgan fingerprint density at radius 1 is 1.21 bits per heavy atom. The zero-order valence-corrected chi connectivity index (χ0v) is 17.3. The molecule has 1 aliphatic rings. The minimum Gasteiger partial charge on any atom is -0.427 e. The number of hydrogen-bond acceptors (Lipinski definition) is 6. The van der Waals surface area contributed by atoms with Gasteiger partial charge in [0.1, 0.15) is 5.76 Å². The molecule has 4 rings (SSSR count). The average Bonchev–Trinajstić information content (AvgIpc) is 3.15. The van der Waals surface area contributed by atoms with E-state index in [1.165, 1.54) is 23.0 Å². The van der Waals surface area contributed by atoms with Crippen molar-refractivity contribution >= 4 is 22.4 Å². The standard InChI is InChI=1S/C22H23N3O3S/c1-14-12-18(26)28-15(2)19(14)20(27)25-10-8-22(9-11-25,16-6-4-3-5-7-16)17-13-29-21(23)24-17/h3-7,12-13H,8-11H2,1-2H3,(H2,23,24). The van der Waals surface area contributed by atoms with Crippen molar-refractivity contribution in [2.24, 2.45) is 0 Å². The smallest absolute Gasteiger partial charge is 0.336 e. The molecule has 0 atom stereocenters. The van der Waals surface area contributed by atoms with Crippen LogP contribution < -0.4 is 11.4 Å². The molecule has 0 spiro atoms. The fraction of sp³-hybridized carbons (Fsp3) is 0.318. The van der Waals surface area contributed by atoms with Crippen LogP contribution in [0.5, 0.6) is 0 Å². The molecule has 0 unspecified atom stereocenters. The number of hydrogen-bond donors (Lipinski definition) is 1.